The standard InChI is InChI=1S/C19H22FN5O3/c1-11-17(25(27)28)18(23-19(26)22-11)21-9-14-3-2-13(8-16(14)20)15-10-24-6-4-12(15)5-7-24/h2-3,8,12,15H,4-7,9-10H2,1H3,(H2,21,22,23,26). The van der Waals surface area contributed by atoms with Gasteiger partial charge < -0.3 is 15.3 Å². The van der Waals surface area contributed by atoms with Crippen molar-refractivity contribution >= 4 is 11.5 Å². The second kappa shape index (κ2) is 7.31. The van der Waals surface area contributed by atoms with Gasteiger partial charge in [0.1, 0.15) is 11.5 Å². The number of rotatable bonds is 5. The van der Waals surface area contributed by atoms with Crippen molar-refractivity contribution in [3.63, 3.8) is 0 Å². The van der Waals surface area contributed by atoms with Crippen LogP contribution in [0.2, 0.25) is 0 Å². The van der Waals surface area contributed by atoms with Gasteiger partial charge in [-0.05, 0) is 56.3 Å². The highest BCUT2D eigenvalue weighted by Crippen LogP contribution is 2.39. The van der Waals surface area contributed by atoms with E-state index in [-0.39, 0.29) is 29.6 Å². The Kier molecular flexibility index (Phi) is 4.84. The van der Waals surface area contributed by atoms with Crippen LogP contribution in [0.5, 0.6) is 6.01 Å². The van der Waals surface area contributed by atoms with Crippen LogP contribution in [0.1, 0.15) is 35.6 Å². The van der Waals surface area contributed by atoms with Gasteiger partial charge in [0.2, 0.25) is 5.82 Å². The van der Waals surface area contributed by atoms with E-state index in [1.165, 1.54) is 6.92 Å². The predicted molar refractivity (Wildman–Crippen MR) is 101 cm³/mol. The third-order valence-electron chi connectivity index (χ3n) is 5.84. The molecule has 0 amide bonds. The third-order valence-corrected chi connectivity index (χ3v) is 5.84. The molecule has 3 fully saturated rings. The molecular formula is C19H22FN5O3. The predicted octanol–water partition coefficient (Wildman–Crippen LogP) is 2.96. The minimum atomic E-state index is -0.621. The van der Waals surface area contributed by atoms with Crippen LogP contribution < -0.4 is 5.32 Å². The Bertz CT molecular complexity index is 915. The summed E-state index contributed by atoms with van der Waals surface area (Å²) >= 11 is 0. The first kappa shape index (κ1) is 18.5. The zero-order valence-electron chi connectivity index (χ0n) is 15.6. The Morgan fingerprint density at radius 1 is 1.36 bits per heavy atom. The van der Waals surface area contributed by atoms with E-state index in [1.54, 1.807) is 12.1 Å². The van der Waals surface area contributed by atoms with Gasteiger partial charge in [-0.25, -0.2) is 4.39 Å². The van der Waals surface area contributed by atoms with Gasteiger partial charge >= 0.3 is 11.7 Å². The molecule has 9 heteroatoms. The normalized spacial score (nSPS) is 23.6. The molecule has 3 aliphatic heterocycles. The highest BCUT2D eigenvalue weighted by molar-refractivity contribution is 5.59. The van der Waals surface area contributed by atoms with Crippen LogP contribution in [0.15, 0.2) is 18.2 Å². The summed E-state index contributed by atoms with van der Waals surface area (Å²) in [6, 6.07) is 4.68. The zero-order chi connectivity index (χ0) is 19.8. The summed E-state index contributed by atoms with van der Waals surface area (Å²) in [5, 5.41) is 23.5. The minimum absolute atomic E-state index is 0.0169. The van der Waals surface area contributed by atoms with Gasteiger partial charge in [-0.1, -0.05) is 12.1 Å². The second-order valence-electron chi connectivity index (χ2n) is 7.51. The summed E-state index contributed by atoms with van der Waals surface area (Å²) in [7, 11) is 0. The molecular weight excluding hydrogens is 365 g/mol. The van der Waals surface area contributed by atoms with Crippen LogP contribution in [0.3, 0.4) is 0 Å². The Hall–Kier alpha value is -2.81. The summed E-state index contributed by atoms with van der Waals surface area (Å²) in [6.45, 7) is 4.68. The first-order chi connectivity index (χ1) is 13.4. The topological polar surface area (TPSA) is 104 Å². The molecule has 4 heterocycles. The fourth-order valence-corrected chi connectivity index (χ4v) is 4.35. The first-order valence-corrected chi connectivity index (χ1v) is 9.39. The van der Waals surface area contributed by atoms with Gasteiger partial charge in [0.15, 0.2) is 0 Å². The number of nitrogens with zero attached hydrogens (tertiary/aromatic N) is 4. The van der Waals surface area contributed by atoms with E-state index in [2.05, 4.69) is 20.2 Å². The molecule has 3 aliphatic rings. The molecule has 0 aliphatic carbocycles. The molecule has 8 nitrogen and oxygen atoms in total. The van der Waals surface area contributed by atoms with E-state index >= 15 is 0 Å². The molecule has 1 aromatic carbocycles. The molecule has 1 aromatic heterocycles. The molecule has 0 spiro atoms. The van der Waals surface area contributed by atoms with E-state index in [1.807, 2.05) is 6.07 Å². The molecule has 1 unspecified atom stereocenters. The van der Waals surface area contributed by atoms with Crippen LogP contribution in [0.25, 0.3) is 0 Å². The number of hydrogen-bond acceptors (Lipinski definition) is 7. The maximum absolute atomic E-state index is 14.7. The lowest BCUT2D eigenvalue weighted by Crippen LogP contribution is -2.46. The number of halogens is 1. The smallest absolute Gasteiger partial charge is 0.332 e. The van der Waals surface area contributed by atoms with Crippen molar-refractivity contribution in [1.82, 2.24) is 14.9 Å². The molecule has 28 heavy (non-hydrogen) atoms. The fraction of sp³-hybridized carbons (Fsp3) is 0.474. The minimum Gasteiger partial charge on any atom is -0.479 e. The van der Waals surface area contributed by atoms with Gasteiger partial charge in [0.25, 0.3) is 0 Å². The number of aromatic nitrogens is 2. The van der Waals surface area contributed by atoms with E-state index in [0.717, 1.165) is 38.0 Å². The molecule has 2 bridgehead atoms. The zero-order valence-corrected chi connectivity index (χ0v) is 15.6. The van der Waals surface area contributed by atoms with Gasteiger partial charge in [-0.2, -0.15) is 9.97 Å². The van der Waals surface area contributed by atoms with E-state index in [9.17, 15) is 19.6 Å². The van der Waals surface area contributed by atoms with Crippen molar-refractivity contribution in [2.45, 2.75) is 32.2 Å². The molecule has 2 aromatic rings. The summed E-state index contributed by atoms with van der Waals surface area (Å²) < 4.78 is 14.7. The number of fused-ring (bicyclic) bond motifs is 3. The Balaban J connectivity index is 1.52. The Morgan fingerprint density at radius 2 is 2.11 bits per heavy atom. The van der Waals surface area contributed by atoms with Crippen LogP contribution in [-0.2, 0) is 6.54 Å². The van der Waals surface area contributed by atoms with Crippen LogP contribution >= 0.6 is 0 Å². The van der Waals surface area contributed by atoms with E-state index < -0.39 is 10.9 Å². The van der Waals surface area contributed by atoms with Crippen molar-refractivity contribution in [3.8, 4) is 6.01 Å². The van der Waals surface area contributed by atoms with Gasteiger partial charge in [0.05, 0.1) is 4.92 Å². The number of anilines is 1. The summed E-state index contributed by atoms with van der Waals surface area (Å²) in [4.78, 5) is 20.3. The van der Waals surface area contributed by atoms with Gasteiger partial charge in [-0.15, -0.1) is 0 Å². The van der Waals surface area contributed by atoms with E-state index in [4.69, 9.17) is 0 Å². The quantitative estimate of drug-likeness (QED) is 0.600. The lowest BCUT2D eigenvalue weighted by Gasteiger charge is -2.45. The summed E-state index contributed by atoms with van der Waals surface area (Å²) in [6.07, 6.45) is 2.33. The molecule has 0 saturated carbocycles. The monoisotopic (exact) mass is 387 g/mol. The number of hydrogen-bond donors (Lipinski definition) is 2. The maximum atomic E-state index is 14.7. The molecule has 2 N–H and O–H groups in total. The lowest BCUT2D eigenvalue weighted by atomic mass is 9.75. The van der Waals surface area contributed by atoms with Gasteiger partial charge in [0, 0.05) is 18.7 Å². The molecule has 1 atom stereocenters. The van der Waals surface area contributed by atoms with Crippen molar-refractivity contribution in [3.05, 3.63) is 51.0 Å². The number of aryl methyl sites for hydroxylation is 1. The average molecular weight is 387 g/mol. The Morgan fingerprint density at radius 3 is 2.71 bits per heavy atom. The lowest BCUT2D eigenvalue weighted by molar-refractivity contribution is -0.385. The average Bonchev–Trinajstić information content (AvgIpc) is 2.67. The number of benzene rings is 1. The first-order valence-electron chi connectivity index (χ1n) is 9.39. The number of aromatic hydroxyl groups is 1. The highest BCUT2D eigenvalue weighted by Gasteiger charge is 2.35. The largest absolute Gasteiger partial charge is 0.479 e. The number of piperidine rings is 3. The summed E-state index contributed by atoms with van der Waals surface area (Å²) in [5.41, 5.74) is 1.10. The number of nitro groups is 1. The fourth-order valence-electron chi connectivity index (χ4n) is 4.35. The maximum Gasteiger partial charge on any atom is 0.332 e. The third kappa shape index (κ3) is 3.49. The van der Waals surface area contributed by atoms with E-state index in [0.29, 0.717) is 17.4 Å². The molecule has 148 valence electrons. The summed E-state index contributed by atoms with van der Waals surface area (Å²) in [5.74, 6) is 0.500. The number of nitrogens with one attached hydrogen (secondary N) is 1. The molecule has 5 rings (SSSR count). The van der Waals surface area contributed by atoms with Crippen LogP contribution in [0.4, 0.5) is 15.9 Å². The SMILES string of the molecule is Cc1nc(O)nc(NCc2ccc(C3CN4CCC3CC4)cc2F)c1[N+](=O)[O-]. The van der Waals surface area contributed by atoms with Crippen molar-refractivity contribution in [2.75, 3.05) is 25.0 Å². The van der Waals surface area contributed by atoms with Crippen molar-refractivity contribution in [1.29, 1.82) is 0 Å². The van der Waals surface area contributed by atoms with Crippen molar-refractivity contribution in [2.24, 2.45) is 5.92 Å². The second-order valence-corrected chi connectivity index (χ2v) is 7.51. The van der Waals surface area contributed by atoms with Crippen molar-refractivity contribution < 1.29 is 14.4 Å². The van der Waals surface area contributed by atoms with Gasteiger partial charge in [-0.3, -0.25) is 10.1 Å². The molecule has 0 radical (unpaired) electrons. The Labute approximate surface area is 161 Å². The van der Waals surface area contributed by atoms with Crippen LogP contribution in [-0.4, -0.2) is 44.5 Å². The molecule has 3 saturated heterocycles. The highest BCUT2D eigenvalue weighted by atomic mass is 19.1. The van der Waals surface area contributed by atoms with Crippen LogP contribution in [0, 0.1) is 28.8 Å².